The first-order valence-corrected chi connectivity index (χ1v) is 10.9. The largest absolute Gasteiger partial charge is 0.462 e. The molecule has 0 radical (unpaired) electrons. The maximum Gasteiger partial charge on any atom is 0.341 e. The summed E-state index contributed by atoms with van der Waals surface area (Å²) < 4.78 is 6.75. The molecule has 1 saturated heterocycles. The Balaban J connectivity index is 1.45. The second-order valence-corrected chi connectivity index (χ2v) is 7.94. The Kier molecular flexibility index (Phi) is 5.85. The quantitative estimate of drug-likeness (QED) is 0.598. The summed E-state index contributed by atoms with van der Waals surface area (Å²) >= 11 is 1.66. The van der Waals surface area contributed by atoms with Crippen LogP contribution in [0.25, 0.3) is 5.69 Å². The number of aromatic nitrogens is 2. The van der Waals surface area contributed by atoms with Gasteiger partial charge in [0, 0.05) is 12.2 Å². The molecule has 0 spiro atoms. The lowest BCUT2D eigenvalue weighted by atomic mass is 10.1. The predicted molar refractivity (Wildman–Crippen MR) is 116 cm³/mol. The Morgan fingerprint density at radius 1 is 1.27 bits per heavy atom. The summed E-state index contributed by atoms with van der Waals surface area (Å²) in [4.78, 5) is 26.7. The SMILES string of the molecule is CCOC(=O)c1cnn(-c2ccc(NC(=O)N3CCCC3c3ccsc3)cc2)c1C. The number of rotatable bonds is 5. The highest BCUT2D eigenvalue weighted by Crippen LogP contribution is 2.33. The Morgan fingerprint density at radius 3 is 2.77 bits per heavy atom. The lowest BCUT2D eigenvalue weighted by Gasteiger charge is -2.24. The van der Waals surface area contributed by atoms with Crippen molar-refractivity contribution in [3.8, 4) is 5.69 Å². The molecule has 0 aliphatic carbocycles. The minimum atomic E-state index is -0.379. The maximum absolute atomic E-state index is 12.8. The van der Waals surface area contributed by atoms with Gasteiger partial charge in [-0.2, -0.15) is 16.4 Å². The summed E-state index contributed by atoms with van der Waals surface area (Å²) in [6, 6.07) is 9.56. The fraction of sp³-hybridized carbons (Fsp3) is 0.318. The molecule has 1 aliphatic heterocycles. The molecule has 3 heterocycles. The van der Waals surface area contributed by atoms with Crippen LogP contribution in [0.15, 0.2) is 47.3 Å². The second kappa shape index (κ2) is 8.71. The van der Waals surface area contributed by atoms with E-state index in [1.165, 1.54) is 11.8 Å². The highest BCUT2D eigenvalue weighted by atomic mass is 32.1. The number of carbonyl (C=O) groups excluding carboxylic acids is 2. The summed E-state index contributed by atoms with van der Waals surface area (Å²) in [6.45, 7) is 4.68. The molecule has 1 atom stereocenters. The van der Waals surface area contributed by atoms with Crippen molar-refractivity contribution in [1.82, 2.24) is 14.7 Å². The normalized spacial score (nSPS) is 15.9. The Labute approximate surface area is 179 Å². The van der Waals surface area contributed by atoms with Gasteiger partial charge in [0.25, 0.3) is 0 Å². The number of urea groups is 1. The van der Waals surface area contributed by atoms with Gasteiger partial charge >= 0.3 is 12.0 Å². The zero-order valence-electron chi connectivity index (χ0n) is 17.0. The van der Waals surface area contributed by atoms with E-state index in [0.717, 1.165) is 30.8 Å². The van der Waals surface area contributed by atoms with Gasteiger partial charge in [0.05, 0.1) is 30.2 Å². The molecule has 1 aromatic carbocycles. The van der Waals surface area contributed by atoms with Crippen molar-refractivity contribution in [2.24, 2.45) is 0 Å². The average molecular weight is 425 g/mol. The third-order valence-corrected chi connectivity index (χ3v) is 6.01. The number of nitrogens with zero attached hydrogens (tertiary/aromatic N) is 3. The number of anilines is 1. The second-order valence-electron chi connectivity index (χ2n) is 7.16. The highest BCUT2D eigenvalue weighted by molar-refractivity contribution is 7.08. The monoisotopic (exact) mass is 424 g/mol. The van der Waals surface area contributed by atoms with Gasteiger partial charge in [-0.1, -0.05) is 0 Å². The van der Waals surface area contributed by atoms with Gasteiger partial charge in [0.1, 0.15) is 5.56 Å². The highest BCUT2D eigenvalue weighted by Gasteiger charge is 2.30. The third kappa shape index (κ3) is 3.95. The van der Waals surface area contributed by atoms with Crippen LogP contribution in [0.3, 0.4) is 0 Å². The van der Waals surface area contributed by atoms with Gasteiger partial charge in [0.15, 0.2) is 0 Å². The van der Waals surface area contributed by atoms with E-state index in [9.17, 15) is 9.59 Å². The van der Waals surface area contributed by atoms with Crippen LogP contribution in [-0.4, -0.2) is 39.8 Å². The van der Waals surface area contributed by atoms with Crippen LogP contribution < -0.4 is 5.32 Å². The first kappa shape index (κ1) is 20.2. The van der Waals surface area contributed by atoms with Gasteiger partial charge in [0.2, 0.25) is 0 Å². The van der Waals surface area contributed by atoms with Crippen molar-refractivity contribution in [3.05, 3.63) is 64.1 Å². The van der Waals surface area contributed by atoms with Gasteiger partial charge in [-0.3, -0.25) is 0 Å². The van der Waals surface area contributed by atoms with Crippen molar-refractivity contribution >= 4 is 29.0 Å². The third-order valence-electron chi connectivity index (χ3n) is 5.31. The molecule has 1 N–H and O–H groups in total. The van der Waals surface area contributed by atoms with Gasteiger partial charge < -0.3 is 15.0 Å². The van der Waals surface area contributed by atoms with Crippen molar-refractivity contribution in [2.75, 3.05) is 18.5 Å². The maximum atomic E-state index is 12.8. The lowest BCUT2D eigenvalue weighted by Crippen LogP contribution is -2.34. The zero-order valence-corrected chi connectivity index (χ0v) is 17.8. The smallest absolute Gasteiger partial charge is 0.341 e. The standard InChI is InChI=1S/C22H24N4O3S/c1-3-29-21(27)19-13-23-26(15(19)2)18-8-6-17(7-9-18)24-22(28)25-11-4-5-20(25)16-10-12-30-14-16/h6-10,12-14,20H,3-5,11H2,1-2H3,(H,24,28). The Hall–Kier alpha value is -3.13. The molecular formula is C22H24N4O3S. The molecular weight excluding hydrogens is 400 g/mol. The number of amides is 2. The topological polar surface area (TPSA) is 76.5 Å². The van der Waals surface area contributed by atoms with Crippen LogP contribution in [0.1, 0.15) is 47.4 Å². The van der Waals surface area contributed by atoms with Gasteiger partial charge in [-0.15, -0.1) is 0 Å². The number of benzene rings is 1. The molecule has 1 unspecified atom stereocenters. The minimum absolute atomic E-state index is 0.0867. The number of ether oxygens (including phenoxy) is 1. The molecule has 1 fully saturated rings. The number of nitrogens with one attached hydrogen (secondary N) is 1. The number of esters is 1. The number of thiophene rings is 1. The molecule has 0 bridgehead atoms. The average Bonchev–Trinajstić information content (AvgIpc) is 3.49. The molecule has 4 rings (SSSR count). The number of carbonyl (C=O) groups is 2. The summed E-state index contributed by atoms with van der Waals surface area (Å²) in [5, 5.41) is 11.5. The van der Waals surface area contributed by atoms with Crippen molar-refractivity contribution in [1.29, 1.82) is 0 Å². The number of hydrogen-bond donors (Lipinski definition) is 1. The van der Waals surface area contributed by atoms with E-state index in [-0.39, 0.29) is 18.0 Å². The molecule has 1 aliphatic rings. The number of hydrogen-bond acceptors (Lipinski definition) is 5. The fourth-order valence-electron chi connectivity index (χ4n) is 3.78. The minimum Gasteiger partial charge on any atom is -0.462 e. The summed E-state index contributed by atoms with van der Waals surface area (Å²) in [6.07, 6.45) is 3.51. The van der Waals surface area contributed by atoms with Crippen LogP contribution in [0.2, 0.25) is 0 Å². The zero-order chi connectivity index (χ0) is 21.1. The van der Waals surface area contributed by atoms with E-state index < -0.39 is 0 Å². The van der Waals surface area contributed by atoms with Crippen LogP contribution in [0.4, 0.5) is 10.5 Å². The van der Waals surface area contributed by atoms with E-state index in [0.29, 0.717) is 17.9 Å². The molecule has 30 heavy (non-hydrogen) atoms. The molecule has 8 heteroatoms. The van der Waals surface area contributed by atoms with Crippen LogP contribution in [-0.2, 0) is 4.74 Å². The van der Waals surface area contributed by atoms with Crippen LogP contribution in [0.5, 0.6) is 0 Å². The van der Waals surface area contributed by atoms with Crippen LogP contribution >= 0.6 is 11.3 Å². The summed E-state index contributed by atoms with van der Waals surface area (Å²) in [7, 11) is 0. The van der Waals surface area contributed by atoms with Crippen molar-refractivity contribution < 1.29 is 14.3 Å². The Morgan fingerprint density at radius 2 is 2.07 bits per heavy atom. The molecule has 2 aromatic heterocycles. The first-order valence-electron chi connectivity index (χ1n) is 10.0. The Bertz CT molecular complexity index is 1030. The molecule has 2 amide bonds. The predicted octanol–water partition coefficient (Wildman–Crippen LogP) is 4.79. The van der Waals surface area contributed by atoms with Crippen molar-refractivity contribution in [3.63, 3.8) is 0 Å². The van der Waals surface area contributed by atoms with Crippen molar-refractivity contribution in [2.45, 2.75) is 32.7 Å². The number of likely N-dealkylation sites (tertiary alicyclic amines) is 1. The molecule has 7 nitrogen and oxygen atoms in total. The lowest BCUT2D eigenvalue weighted by molar-refractivity contribution is 0.0525. The molecule has 0 saturated carbocycles. The first-order chi connectivity index (χ1) is 14.6. The van der Waals surface area contributed by atoms with E-state index in [1.807, 2.05) is 41.5 Å². The molecule has 156 valence electrons. The van der Waals surface area contributed by atoms with E-state index in [2.05, 4.69) is 21.9 Å². The van der Waals surface area contributed by atoms with E-state index >= 15 is 0 Å². The van der Waals surface area contributed by atoms with Gasteiger partial charge in [-0.25, -0.2) is 14.3 Å². The van der Waals surface area contributed by atoms with Gasteiger partial charge in [-0.05, 0) is 73.3 Å². The van der Waals surface area contributed by atoms with E-state index in [1.54, 1.807) is 22.9 Å². The summed E-state index contributed by atoms with van der Waals surface area (Å²) in [5.74, 6) is -0.379. The van der Waals surface area contributed by atoms with Crippen LogP contribution in [0, 0.1) is 6.92 Å². The van der Waals surface area contributed by atoms with E-state index in [4.69, 9.17) is 4.74 Å². The fourth-order valence-corrected chi connectivity index (χ4v) is 4.49. The summed E-state index contributed by atoms with van der Waals surface area (Å²) in [5.41, 5.74) is 3.88. The molecule has 3 aromatic rings.